The fraction of sp³-hybridized carbons (Fsp3) is 0.611. The van der Waals surface area contributed by atoms with Gasteiger partial charge < -0.3 is 19.9 Å². The van der Waals surface area contributed by atoms with Gasteiger partial charge in [0, 0.05) is 19.3 Å². The number of aliphatic carboxylic acids is 1. The van der Waals surface area contributed by atoms with Crippen LogP contribution >= 0.6 is 0 Å². The summed E-state index contributed by atoms with van der Waals surface area (Å²) in [6, 6.07) is 8.99. The number of nitrogens with zero attached hydrogens (tertiary/aromatic N) is 1. The monoisotopic (exact) mass is 329 g/mol. The summed E-state index contributed by atoms with van der Waals surface area (Å²) >= 11 is 0. The van der Waals surface area contributed by atoms with Crippen LogP contribution in [-0.2, 0) is 4.79 Å². The van der Waals surface area contributed by atoms with E-state index in [1.165, 1.54) is 0 Å². The van der Waals surface area contributed by atoms with Crippen molar-refractivity contribution in [3.05, 3.63) is 30.3 Å². The first-order valence-corrected chi connectivity index (χ1v) is 8.26. The van der Waals surface area contributed by atoms with Crippen LogP contribution in [-0.4, -0.2) is 30.8 Å². The van der Waals surface area contributed by atoms with Crippen LogP contribution in [0.25, 0.3) is 0 Å². The second-order valence-electron chi connectivity index (χ2n) is 5.77. The summed E-state index contributed by atoms with van der Waals surface area (Å²) in [6.45, 7) is 0.277. The zero-order chi connectivity index (χ0) is 16.2. The van der Waals surface area contributed by atoms with Crippen LogP contribution in [0.5, 0.6) is 0 Å². The first-order chi connectivity index (χ1) is 10.7. The van der Waals surface area contributed by atoms with Crippen LogP contribution in [0.2, 0.25) is 0 Å². The Labute approximate surface area is 162 Å². The summed E-state index contributed by atoms with van der Waals surface area (Å²) < 4.78 is 0. The molecule has 1 unspecified atom stereocenters. The van der Waals surface area contributed by atoms with Crippen LogP contribution < -0.4 is 39.6 Å². The molecule has 1 atom stereocenters. The molecule has 0 aromatic heterocycles. The van der Waals surface area contributed by atoms with Gasteiger partial charge in [-0.2, -0.15) is 0 Å². The van der Waals surface area contributed by atoms with Crippen molar-refractivity contribution in [1.82, 2.24) is 0 Å². The van der Waals surface area contributed by atoms with Crippen molar-refractivity contribution in [3.63, 3.8) is 0 Å². The van der Waals surface area contributed by atoms with E-state index in [0.717, 1.165) is 50.6 Å². The van der Waals surface area contributed by atoms with Gasteiger partial charge in [0.25, 0.3) is 0 Å². The van der Waals surface area contributed by atoms with Crippen molar-refractivity contribution in [2.45, 2.75) is 57.4 Å². The molecule has 4 nitrogen and oxygen atoms in total. The number of para-hydroxylation sites is 1. The fourth-order valence-corrected chi connectivity index (χ4v) is 2.65. The van der Waals surface area contributed by atoms with Gasteiger partial charge in [-0.25, -0.2) is 0 Å². The second kappa shape index (κ2) is 13.8. The molecule has 0 spiro atoms. The third-order valence-corrected chi connectivity index (χ3v) is 4.04. The smallest absolute Gasteiger partial charge is 0.548 e. The van der Waals surface area contributed by atoms with Gasteiger partial charge in [-0.3, -0.25) is 0 Å². The number of aliphatic hydroxyl groups excluding tert-OH is 1. The van der Waals surface area contributed by atoms with Gasteiger partial charge in [0.05, 0.1) is 12.0 Å². The minimum absolute atomic E-state index is 0. The number of hydrogen-bond acceptors (Lipinski definition) is 4. The van der Waals surface area contributed by atoms with Crippen molar-refractivity contribution >= 4 is 11.7 Å². The van der Waals surface area contributed by atoms with E-state index in [0.29, 0.717) is 6.42 Å². The van der Waals surface area contributed by atoms with E-state index >= 15 is 0 Å². The number of carbonyl (C=O) groups excluding carboxylic acids is 1. The number of rotatable bonds is 12. The van der Waals surface area contributed by atoms with Gasteiger partial charge in [0.1, 0.15) is 0 Å². The minimum Gasteiger partial charge on any atom is -0.548 e. The number of benzene rings is 1. The molecule has 0 amide bonds. The molecule has 1 N–H and O–H groups in total. The number of carbonyl (C=O) groups is 1. The van der Waals surface area contributed by atoms with E-state index in [1.54, 1.807) is 4.90 Å². The summed E-state index contributed by atoms with van der Waals surface area (Å²) in [7, 11) is 1.81. The van der Waals surface area contributed by atoms with Gasteiger partial charge in [-0.15, -0.1) is 0 Å². The van der Waals surface area contributed by atoms with Crippen LogP contribution in [0.1, 0.15) is 51.4 Å². The Bertz CT molecular complexity index is 414. The molecule has 1 aromatic rings. The van der Waals surface area contributed by atoms with E-state index < -0.39 is 12.0 Å². The van der Waals surface area contributed by atoms with Crippen LogP contribution in [0.15, 0.2) is 30.3 Å². The van der Waals surface area contributed by atoms with Crippen molar-refractivity contribution in [1.29, 1.82) is 0 Å². The average molecular weight is 329 g/mol. The number of likely N-dealkylation sites (N-methyl/N-ethyl adjacent to an activating group) is 1. The number of carboxylic acid groups (broad SMARTS) is 1. The molecule has 0 aliphatic heterocycles. The molecule has 0 aliphatic carbocycles. The topological polar surface area (TPSA) is 63.6 Å². The van der Waals surface area contributed by atoms with Crippen molar-refractivity contribution in [2.75, 3.05) is 18.6 Å². The molecule has 0 radical (unpaired) electrons. The summed E-state index contributed by atoms with van der Waals surface area (Å²) in [5.41, 5.74) is 0.903. The van der Waals surface area contributed by atoms with Crippen LogP contribution in [0.4, 0.5) is 5.69 Å². The molecule has 0 saturated heterocycles. The number of carboxylic acids is 1. The van der Waals surface area contributed by atoms with Crippen molar-refractivity contribution < 1.29 is 44.6 Å². The first kappa shape index (κ1) is 22.4. The molecule has 124 valence electrons. The Morgan fingerprint density at radius 1 is 1.04 bits per heavy atom. The standard InChI is InChI=1S/C18H29NO3.Na/c1-19(16-12-8-7-9-13-16)17(18(21)22)14-10-5-3-2-4-6-11-15-20;/h7-9,12-13,17,20H,2-6,10-11,14-15H2,1H3,(H,21,22);/q;+1/p-1. The van der Waals surface area contributed by atoms with Crippen LogP contribution in [0, 0.1) is 0 Å². The third kappa shape index (κ3) is 9.36. The summed E-state index contributed by atoms with van der Waals surface area (Å²) in [4.78, 5) is 13.2. The molecule has 1 rings (SSSR count). The van der Waals surface area contributed by atoms with E-state index in [1.807, 2.05) is 37.4 Å². The van der Waals surface area contributed by atoms with E-state index in [9.17, 15) is 9.90 Å². The number of unbranched alkanes of at least 4 members (excludes halogenated alkanes) is 6. The molecule has 0 heterocycles. The Kier molecular flexibility index (Phi) is 13.5. The maximum atomic E-state index is 11.4. The number of aliphatic hydroxyl groups is 1. The van der Waals surface area contributed by atoms with Gasteiger partial charge in [-0.05, 0) is 25.0 Å². The Balaban J connectivity index is 0.00000484. The molecule has 0 saturated carbocycles. The quantitative estimate of drug-likeness (QED) is 0.409. The molecule has 0 aliphatic rings. The zero-order valence-corrected chi connectivity index (χ0v) is 16.5. The summed E-state index contributed by atoms with van der Waals surface area (Å²) in [5.74, 6) is -1.01. The molecule has 0 bridgehead atoms. The second-order valence-corrected chi connectivity index (χ2v) is 5.77. The average Bonchev–Trinajstić information content (AvgIpc) is 2.53. The molecule has 1 aromatic carbocycles. The molecule has 23 heavy (non-hydrogen) atoms. The largest absolute Gasteiger partial charge is 1.00 e. The molecular formula is C18H28NNaO3. The van der Waals surface area contributed by atoms with Gasteiger partial charge >= 0.3 is 29.6 Å². The summed E-state index contributed by atoms with van der Waals surface area (Å²) in [6.07, 6.45) is 7.95. The predicted octanol–water partition coefficient (Wildman–Crippen LogP) is -0.642. The van der Waals surface area contributed by atoms with Gasteiger partial charge in [0.2, 0.25) is 0 Å². The molecular weight excluding hydrogens is 301 g/mol. The van der Waals surface area contributed by atoms with Crippen LogP contribution in [0.3, 0.4) is 0 Å². The maximum Gasteiger partial charge on any atom is 1.00 e. The zero-order valence-electron chi connectivity index (χ0n) is 14.5. The number of hydrogen-bond donors (Lipinski definition) is 1. The first-order valence-electron chi connectivity index (χ1n) is 8.26. The van der Waals surface area contributed by atoms with Crippen molar-refractivity contribution in [2.24, 2.45) is 0 Å². The summed E-state index contributed by atoms with van der Waals surface area (Å²) in [5, 5.41) is 20.1. The van der Waals surface area contributed by atoms with E-state index in [4.69, 9.17) is 5.11 Å². The number of anilines is 1. The van der Waals surface area contributed by atoms with Crippen molar-refractivity contribution in [3.8, 4) is 0 Å². The SMILES string of the molecule is CN(c1ccccc1)C(CCCCCCCCCO)C(=O)[O-].[Na+]. The van der Waals surface area contributed by atoms with Gasteiger partial charge in [0.15, 0.2) is 0 Å². The van der Waals surface area contributed by atoms with Gasteiger partial charge in [-0.1, -0.05) is 56.7 Å². The Morgan fingerprint density at radius 3 is 2.09 bits per heavy atom. The Hall–Kier alpha value is -0.550. The predicted molar refractivity (Wildman–Crippen MR) is 87.7 cm³/mol. The third-order valence-electron chi connectivity index (χ3n) is 4.04. The normalized spacial score (nSPS) is 11.6. The fourth-order valence-electron chi connectivity index (χ4n) is 2.65. The van der Waals surface area contributed by atoms with E-state index in [-0.39, 0.29) is 36.2 Å². The Morgan fingerprint density at radius 2 is 1.57 bits per heavy atom. The van der Waals surface area contributed by atoms with E-state index in [2.05, 4.69) is 0 Å². The molecule has 0 fully saturated rings. The maximum absolute atomic E-state index is 11.4. The minimum atomic E-state index is -1.01. The molecule has 5 heteroatoms.